The van der Waals surface area contributed by atoms with Crippen LogP contribution < -0.4 is 5.32 Å². The molecule has 1 aromatic carbocycles. The molecule has 6 nitrogen and oxygen atoms in total. The van der Waals surface area contributed by atoms with Gasteiger partial charge in [0.2, 0.25) is 17.7 Å². The third-order valence-electron chi connectivity index (χ3n) is 4.26. The van der Waals surface area contributed by atoms with Crippen molar-refractivity contribution in [2.24, 2.45) is 5.92 Å². The van der Waals surface area contributed by atoms with E-state index in [-0.39, 0.29) is 18.6 Å². The normalized spacial score (nSPS) is 20.8. The van der Waals surface area contributed by atoms with Gasteiger partial charge in [-0.25, -0.2) is 0 Å². The van der Waals surface area contributed by atoms with Crippen LogP contribution in [0.15, 0.2) is 28.7 Å². The highest BCUT2D eigenvalue weighted by molar-refractivity contribution is 5.92. The molecule has 128 valence electrons. The van der Waals surface area contributed by atoms with E-state index in [0.717, 1.165) is 18.4 Å². The summed E-state index contributed by atoms with van der Waals surface area (Å²) in [6.07, 6.45) is 4.72. The summed E-state index contributed by atoms with van der Waals surface area (Å²) in [7, 11) is 0. The van der Waals surface area contributed by atoms with E-state index in [1.54, 1.807) is 6.92 Å². The molecule has 1 saturated carbocycles. The van der Waals surface area contributed by atoms with Gasteiger partial charge < -0.3 is 14.5 Å². The van der Waals surface area contributed by atoms with Crippen molar-refractivity contribution in [2.75, 3.05) is 11.9 Å². The van der Waals surface area contributed by atoms with Gasteiger partial charge in [-0.3, -0.25) is 4.79 Å². The molecule has 24 heavy (non-hydrogen) atoms. The summed E-state index contributed by atoms with van der Waals surface area (Å²) < 4.78 is 11.2. The first-order chi connectivity index (χ1) is 11.6. The third-order valence-corrected chi connectivity index (χ3v) is 4.26. The summed E-state index contributed by atoms with van der Waals surface area (Å²) in [4.78, 5) is 12.1. The largest absolute Gasteiger partial charge is 0.421 e. The summed E-state index contributed by atoms with van der Waals surface area (Å²) in [6.45, 7) is 4.06. The number of carbonyl (C=O) groups excluding carboxylic acids is 1. The molecule has 0 spiro atoms. The highest BCUT2D eigenvalue weighted by Gasteiger charge is 2.20. The molecule has 2 atom stereocenters. The second-order valence-corrected chi connectivity index (χ2v) is 6.46. The topological polar surface area (TPSA) is 77.2 Å². The number of amides is 1. The number of anilines is 1. The summed E-state index contributed by atoms with van der Waals surface area (Å²) in [5.41, 5.74) is 1.46. The highest BCUT2D eigenvalue weighted by atomic mass is 16.5. The minimum Gasteiger partial charge on any atom is -0.421 e. The Morgan fingerprint density at radius 3 is 3.00 bits per heavy atom. The van der Waals surface area contributed by atoms with Gasteiger partial charge in [0.15, 0.2) is 0 Å². The van der Waals surface area contributed by atoms with Crippen LogP contribution in [0, 0.1) is 12.8 Å². The van der Waals surface area contributed by atoms with Gasteiger partial charge in [-0.15, -0.1) is 10.2 Å². The number of nitrogens with zero attached hydrogens (tertiary/aromatic N) is 2. The summed E-state index contributed by atoms with van der Waals surface area (Å²) in [5.74, 6) is 1.49. The van der Waals surface area contributed by atoms with E-state index in [4.69, 9.17) is 9.15 Å². The smallest absolute Gasteiger partial charge is 0.250 e. The van der Waals surface area contributed by atoms with Crippen LogP contribution in [0.3, 0.4) is 0 Å². The first kappa shape index (κ1) is 16.6. The molecule has 0 aliphatic heterocycles. The quantitative estimate of drug-likeness (QED) is 0.907. The van der Waals surface area contributed by atoms with Gasteiger partial charge in [0.25, 0.3) is 0 Å². The Labute approximate surface area is 141 Å². The van der Waals surface area contributed by atoms with Gasteiger partial charge in [0.05, 0.1) is 6.10 Å². The first-order valence-electron chi connectivity index (χ1n) is 8.42. The van der Waals surface area contributed by atoms with Gasteiger partial charge in [-0.1, -0.05) is 25.8 Å². The van der Waals surface area contributed by atoms with Crippen molar-refractivity contribution >= 4 is 11.6 Å². The van der Waals surface area contributed by atoms with Crippen LogP contribution in [0.4, 0.5) is 5.69 Å². The number of benzene rings is 1. The molecule has 1 N–H and O–H groups in total. The lowest BCUT2D eigenvalue weighted by atomic mass is 9.89. The summed E-state index contributed by atoms with van der Waals surface area (Å²) >= 11 is 0. The minimum absolute atomic E-state index is 0.0846. The van der Waals surface area contributed by atoms with Gasteiger partial charge in [-0.2, -0.15) is 0 Å². The predicted octanol–water partition coefficient (Wildman–Crippen LogP) is 3.58. The Morgan fingerprint density at radius 1 is 1.38 bits per heavy atom. The number of aromatic nitrogens is 2. The molecular formula is C18H23N3O3. The molecule has 1 aliphatic carbocycles. The number of ether oxygens (including phenoxy) is 1. The number of hydrogen-bond acceptors (Lipinski definition) is 5. The summed E-state index contributed by atoms with van der Waals surface area (Å²) in [5, 5.41) is 10.7. The maximum atomic E-state index is 12.1. The van der Waals surface area contributed by atoms with Crippen LogP contribution in [0.1, 0.15) is 38.5 Å². The molecule has 3 rings (SSSR count). The van der Waals surface area contributed by atoms with Crippen molar-refractivity contribution in [3.05, 3.63) is 30.2 Å². The van der Waals surface area contributed by atoms with Crippen molar-refractivity contribution < 1.29 is 13.9 Å². The molecule has 1 aromatic heterocycles. The fraction of sp³-hybridized carbons (Fsp3) is 0.500. The fourth-order valence-electron chi connectivity index (χ4n) is 3.06. The molecule has 0 bridgehead atoms. The van der Waals surface area contributed by atoms with E-state index >= 15 is 0 Å². The molecule has 1 amide bonds. The lowest BCUT2D eigenvalue weighted by Gasteiger charge is -2.26. The number of aryl methyl sites for hydroxylation is 1. The standard InChI is InChI=1S/C18H23N3O3/c1-12-5-3-8-16(9-12)23-11-17(22)19-15-7-4-6-14(10-15)18-21-20-13(2)24-18/h4,6-7,10,12,16H,3,5,8-9,11H2,1-2H3,(H,19,22)/t12-,16+/m1/s1. The van der Waals surface area contributed by atoms with E-state index in [1.807, 2.05) is 24.3 Å². The molecule has 6 heteroatoms. The average molecular weight is 329 g/mol. The van der Waals surface area contributed by atoms with Crippen LogP contribution in [-0.2, 0) is 9.53 Å². The van der Waals surface area contributed by atoms with Crippen LogP contribution in [0.5, 0.6) is 0 Å². The number of carbonyl (C=O) groups is 1. The van der Waals surface area contributed by atoms with Gasteiger partial charge in [0.1, 0.15) is 6.61 Å². The lowest BCUT2D eigenvalue weighted by molar-refractivity contribution is -0.123. The molecule has 1 fully saturated rings. The monoisotopic (exact) mass is 329 g/mol. The second kappa shape index (κ2) is 7.57. The number of nitrogens with one attached hydrogen (secondary N) is 1. The average Bonchev–Trinajstić information content (AvgIpc) is 3.00. The van der Waals surface area contributed by atoms with E-state index in [0.29, 0.717) is 23.4 Å². The third kappa shape index (κ3) is 4.41. The lowest BCUT2D eigenvalue weighted by Crippen LogP contribution is -2.26. The van der Waals surface area contributed by atoms with Crippen molar-refractivity contribution in [2.45, 2.75) is 45.6 Å². The zero-order valence-electron chi connectivity index (χ0n) is 14.1. The fourth-order valence-corrected chi connectivity index (χ4v) is 3.06. The Hall–Kier alpha value is -2.21. The van der Waals surface area contributed by atoms with Crippen LogP contribution >= 0.6 is 0 Å². The molecule has 0 unspecified atom stereocenters. The Morgan fingerprint density at radius 2 is 2.25 bits per heavy atom. The summed E-state index contributed by atoms with van der Waals surface area (Å²) in [6, 6.07) is 7.34. The predicted molar refractivity (Wildman–Crippen MR) is 90.5 cm³/mol. The minimum atomic E-state index is -0.146. The Kier molecular flexibility index (Phi) is 5.25. The van der Waals surface area contributed by atoms with Gasteiger partial charge >= 0.3 is 0 Å². The maximum absolute atomic E-state index is 12.1. The molecule has 0 radical (unpaired) electrons. The van der Waals surface area contributed by atoms with Gasteiger partial charge in [0, 0.05) is 18.2 Å². The highest BCUT2D eigenvalue weighted by Crippen LogP contribution is 2.26. The zero-order chi connectivity index (χ0) is 16.9. The molecule has 1 heterocycles. The van der Waals surface area contributed by atoms with Crippen molar-refractivity contribution in [3.8, 4) is 11.5 Å². The second-order valence-electron chi connectivity index (χ2n) is 6.46. The zero-order valence-corrected chi connectivity index (χ0v) is 14.1. The van der Waals surface area contributed by atoms with E-state index in [9.17, 15) is 4.79 Å². The maximum Gasteiger partial charge on any atom is 0.250 e. The molecule has 0 saturated heterocycles. The van der Waals surface area contributed by atoms with E-state index < -0.39 is 0 Å². The number of rotatable bonds is 5. The molecule has 1 aliphatic rings. The first-order valence-corrected chi connectivity index (χ1v) is 8.42. The number of hydrogen-bond donors (Lipinski definition) is 1. The van der Waals surface area contributed by atoms with Crippen molar-refractivity contribution in [1.29, 1.82) is 0 Å². The van der Waals surface area contributed by atoms with Crippen molar-refractivity contribution in [1.82, 2.24) is 10.2 Å². The SMILES string of the molecule is Cc1nnc(-c2cccc(NC(=O)CO[C@H]3CCC[C@@H](C)C3)c2)o1. The van der Waals surface area contributed by atoms with Crippen LogP contribution in [0.2, 0.25) is 0 Å². The van der Waals surface area contributed by atoms with Crippen LogP contribution in [0.25, 0.3) is 11.5 Å². The molecule has 2 aromatic rings. The van der Waals surface area contributed by atoms with Gasteiger partial charge in [-0.05, 0) is 37.0 Å². The Bertz CT molecular complexity index is 698. The van der Waals surface area contributed by atoms with Crippen LogP contribution in [-0.4, -0.2) is 28.8 Å². The van der Waals surface area contributed by atoms with E-state index in [2.05, 4.69) is 22.4 Å². The van der Waals surface area contributed by atoms with Crippen molar-refractivity contribution in [3.63, 3.8) is 0 Å². The van der Waals surface area contributed by atoms with E-state index in [1.165, 1.54) is 12.8 Å². The Balaban J connectivity index is 1.54. The molecular weight excluding hydrogens is 306 g/mol.